The number of halogens is 1. The lowest BCUT2D eigenvalue weighted by Gasteiger charge is -2.06. The van der Waals surface area contributed by atoms with Gasteiger partial charge in [-0.05, 0) is 28.1 Å². The molecule has 1 amide bonds. The summed E-state index contributed by atoms with van der Waals surface area (Å²) in [6.07, 6.45) is 2.71. The van der Waals surface area contributed by atoms with Gasteiger partial charge < -0.3 is 5.32 Å². The standard InChI is InChI=1S/C11H8BrN3O2/c12-8-6-13-10(16)15(7-8)11(17)14-9-4-2-1-3-5-9/h1-7H,(H,14,17). The molecular formula is C11H8BrN3O2. The predicted molar refractivity (Wildman–Crippen MR) is 67.1 cm³/mol. The van der Waals surface area contributed by atoms with Gasteiger partial charge in [0.2, 0.25) is 0 Å². The van der Waals surface area contributed by atoms with Crippen LogP contribution in [0.3, 0.4) is 0 Å². The Hall–Kier alpha value is -1.95. The maximum Gasteiger partial charge on any atom is 0.355 e. The Morgan fingerprint density at radius 2 is 2.00 bits per heavy atom. The molecule has 0 atom stereocenters. The van der Waals surface area contributed by atoms with Gasteiger partial charge in [-0.25, -0.2) is 14.2 Å². The molecule has 1 N–H and O–H groups in total. The van der Waals surface area contributed by atoms with Crippen LogP contribution >= 0.6 is 15.9 Å². The number of nitrogens with one attached hydrogen (secondary N) is 1. The maximum absolute atomic E-state index is 11.8. The summed E-state index contributed by atoms with van der Waals surface area (Å²) in [7, 11) is 0. The van der Waals surface area contributed by atoms with Gasteiger partial charge in [0.1, 0.15) is 0 Å². The van der Waals surface area contributed by atoms with E-state index in [-0.39, 0.29) is 0 Å². The van der Waals surface area contributed by atoms with Crippen molar-refractivity contribution < 1.29 is 4.79 Å². The number of amides is 1. The predicted octanol–water partition coefficient (Wildman–Crippen LogP) is 2.09. The maximum atomic E-state index is 11.8. The van der Waals surface area contributed by atoms with Crippen molar-refractivity contribution >= 4 is 27.6 Å². The highest BCUT2D eigenvalue weighted by molar-refractivity contribution is 9.10. The van der Waals surface area contributed by atoms with Crippen LogP contribution in [0.5, 0.6) is 0 Å². The summed E-state index contributed by atoms with van der Waals surface area (Å²) in [5.41, 5.74) is -0.00833. The third-order valence-corrected chi connectivity index (χ3v) is 2.41. The molecule has 0 aliphatic heterocycles. The molecule has 1 aromatic heterocycles. The Bertz CT molecular complexity index is 595. The number of anilines is 1. The number of rotatable bonds is 1. The van der Waals surface area contributed by atoms with E-state index in [0.717, 1.165) is 4.57 Å². The van der Waals surface area contributed by atoms with E-state index < -0.39 is 11.7 Å². The molecule has 1 aromatic carbocycles. The molecule has 5 nitrogen and oxygen atoms in total. The van der Waals surface area contributed by atoms with Crippen molar-refractivity contribution in [1.29, 1.82) is 0 Å². The number of carbonyl (C=O) groups excluding carboxylic acids is 1. The lowest BCUT2D eigenvalue weighted by atomic mass is 10.3. The average Bonchev–Trinajstić information content (AvgIpc) is 2.33. The van der Waals surface area contributed by atoms with E-state index in [0.29, 0.717) is 10.2 Å². The molecule has 0 unspecified atom stereocenters. The van der Waals surface area contributed by atoms with E-state index >= 15 is 0 Å². The minimum Gasteiger partial charge on any atom is -0.307 e. The van der Waals surface area contributed by atoms with E-state index in [2.05, 4.69) is 26.2 Å². The van der Waals surface area contributed by atoms with Gasteiger partial charge in [-0.15, -0.1) is 0 Å². The van der Waals surface area contributed by atoms with Crippen molar-refractivity contribution in [3.8, 4) is 0 Å². The second kappa shape index (κ2) is 4.92. The van der Waals surface area contributed by atoms with Crippen molar-refractivity contribution in [2.45, 2.75) is 0 Å². The lowest BCUT2D eigenvalue weighted by Crippen LogP contribution is -2.32. The number of benzene rings is 1. The van der Waals surface area contributed by atoms with E-state index in [1.165, 1.54) is 12.4 Å². The van der Waals surface area contributed by atoms with Gasteiger partial charge in [-0.1, -0.05) is 18.2 Å². The first-order valence-electron chi connectivity index (χ1n) is 4.77. The first kappa shape index (κ1) is 11.5. The van der Waals surface area contributed by atoms with Crippen LogP contribution in [0.15, 0.2) is 52.0 Å². The van der Waals surface area contributed by atoms with Crippen LogP contribution in [-0.2, 0) is 0 Å². The number of carbonyl (C=O) groups is 1. The van der Waals surface area contributed by atoms with E-state index in [1.807, 2.05) is 6.07 Å². The van der Waals surface area contributed by atoms with Gasteiger partial charge in [0, 0.05) is 18.1 Å². The second-order valence-electron chi connectivity index (χ2n) is 3.22. The lowest BCUT2D eigenvalue weighted by molar-refractivity contribution is 0.252. The third kappa shape index (κ3) is 2.79. The average molecular weight is 294 g/mol. The molecule has 86 valence electrons. The molecule has 0 bridgehead atoms. The molecule has 0 radical (unpaired) electrons. The Morgan fingerprint density at radius 3 is 2.71 bits per heavy atom. The van der Waals surface area contributed by atoms with E-state index in [9.17, 15) is 9.59 Å². The molecule has 0 saturated carbocycles. The SMILES string of the molecule is O=C(Nc1ccccc1)n1cc(Br)cnc1=O. The highest BCUT2D eigenvalue weighted by Crippen LogP contribution is 2.07. The van der Waals surface area contributed by atoms with Gasteiger partial charge >= 0.3 is 11.7 Å². The Labute approximate surface area is 105 Å². The van der Waals surface area contributed by atoms with Gasteiger partial charge in [-0.3, -0.25) is 0 Å². The minimum absolute atomic E-state index is 0.546. The van der Waals surface area contributed by atoms with Crippen LogP contribution in [0.2, 0.25) is 0 Å². The summed E-state index contributed by atoms with van der Waals surface area (Å²) in [5, 5.41) is 2.59. The number of nitrogens with zero attached hydrogens (tertiary/aromatic N) is 2. The van der Waals surface area contributed by atoms with Crippen LogP contribution < -0.4 is 11.0 Å². The molecular weight excluding hydrogens is 286 g/mol. The molecule has 6 heteroatoms. The molecule has 0 aliphatic carbocycles. The first-order valence-corrected chi connectivity index (χ1v) is 5.57. The molecule has 0 spiro atoms. The minimum atomic E-state index is -0.623. The zero-order valence-corrected chi connectivity index (χ0v) is 10.2. The van der Waals surface area contributed by atoms with Crippen molar-refractivity contribution in [3.63, 3.8) is 0 Å². The normalized spacial score (nSPS) is 9.94. The highest BCUT2D eigenvalue weighted by atomic mass is 79.9. The molecule has 0 aliphatic rings. The highest BCUT2D eigenvalue weighted by Gasteiger charge is 2.07. The third-order valence-electron chi connectivity index (χ3n) is 2.00. The summed E-state index contributed by atoms with van der Waals surface area (Å²) in [5.74, 6) is 0. The summed E-state index contributed by atoms with van der Waals surface area (Å²) in [6.45, 7) is 0. The van der Waals surface area contributed by atoms with Crippen molar-refractivity contribution in [3.05, 3.63) is 57.7 Å². The van der Waals surface area contributed by atoms with Gasteiger partial charge in [0.25, 0.3) is 0 Å². The number of para-hydroxylation sites is 1. The molecule has 2 aromatic rings. The fourth-order valence-corrected chi connectivity index (χ4v) is 1.55. The Kier molecular flexibility index (Phi) is 3.34. The summed E-state index contributed by atoms with van der Waals surface area (Å²) in [4.78, 5) is 26.7. The van der Waals surface area contributed by atoms with Crippen molar-refractivity contribution in [2.24, 2.45) is 0 Å². The van der Waals surface area contributed by atoms with Crippen LogP contribution in [0.1, 0.15) is 0 Å². The Morgan fingerprint density at radius 1 is 1.29 bits per heavy atom. The van der Waals surface area contributed by atoms with Crippen LogP contribution in [0.4, 0.5) is 10.5 Å². The monoisotopic (exact) mass is 293 g/mol. The zero-order chi connectivity index (χ0) is 12.3. The Balaban J connectivity index is 2.26. The molecule has 2 rings (SSSR count). The molecule has 0 saturated heterocycles. The topological polar surface area (TPSA) is 64.0 Å². The summed E-state index contributed by atoms with van der Waals surface area (Å²) >= 11 is 3.15. The fraction of sp³-hybridized carbons (Fsp3) is 0. The summed E-state index contributed by atoms with van der Waals surface area (Å²) < 4.78 is 1.46. The van der Waals surface area contributed by atoms with Crippen LogP contribution in [0.25, 0.3) is 0 Å². The molecule has 17 heavy (non-hydrogen) atoms. The molecule has 1 heterocycles. The quantitative estimate of drug-likeness (QED) is 0.876. The number of aromatic nitrogens is 2. The smallest absolute Gasteiger partial charge is 0.307 e. The number of hydrogen-bond acceptors (Lipinski definition) is 3. The van der Waals surface area contributed by atoms with Gasteiger partial charge in [0.15, 0.2) is 0 Å². The van der Waals surface area contributed by atoms with Gasteiger partial charge in [0.05, 0.1) is 4.47 Å². The largest absolute Gasteiger partial charge is 0.355 e. The number of hydrogen-bond donors (Lipinski definition) is 1. The van der Waals surface area contributed by atoms with Crippen LogP contribution in [-0.4, -0.2) is 15.6 Å². The second-order valence-corrected chi connectivity index (χ2v) is 4.14. The van der Waals surface area contributed by atoms with Gasteiger partial charge in [-0.2, -0.15) is 4.98 Å². The fourth-order valence-electron chi connectivity index (χ4n) is 1.24. The van der Waals surface area contributed by atoms with E-state index in [1.54, 1.807) is 24.3 Å². The first-order chi connectivity index (χ1) is 8.16. The molecule has 0 fully saturated rings. The van der Waals surface area contributed by atoms with E-state index in [4.69, 9.17) is 0 Å². The van der Waals surface area contributed by atoms with Crippen molar-refractivity contribution in [2.75, 3.05) is 5.32 Å². The summed E-state index contributed by atoms with van der Waals surface area (Å²) in [6, 6.07) is 8.33. The zero-order valence-electron chi connectivity index (χ0n) is 8.63. The van der Waals surface area contributed by atoms with Crippen LogP contribution in [0, 0.1) is 0 Å². The van der Waals surface area contributed by atoms with Crippen molar-refractivity contribution in [1.82, 2.24) is 9.55 Å².